The number of rotatable bonds is 2. The van der Waals surface area contributed by atoms with Crippen LogP contribution in [-0.2, 0) is 0 Å². The minimum absolute atomic E-state index is 0.0392. The zero-order valence-corrected chi connectivity index (χ0v) is 7.99. The molecule has 0 spiro atoms. The lowest BCUT2D eigenvalue weighted by Crippen LogP contribution is -2.02. The van der Waals surface area contributed by atoms with E-state index < -0.39 is 0 Å². The van der Waals surface area contributed by atoms with Crippen LogP contribution < -0.4 is 5.73 Å². The van der Waals surface area contributed by atoms with Gasteiger partial charge in [-0.05, 0) is 19.8 Å². The van der Waals surface area contributed by atoms with Gasteiger partial charge in [0.05, 0.1) is 11.7 Å². The molecule has 0 aromatic carbocycles. The monoisotopic (exact) mass is 180 g/mol. The number of hydrogen-bond donors (Lipinski definition) is 1. The Balaban J connectivity index is 2.12. The Hall–Kier alpha value is -0.830. The molecule has 1 saturated carbocycles. The van der Waals surface area contributed by atoms with Crippen LogP contribution in [0.1, 0.15) is 56.0 Å². The van der Waals surface area contributed by atoms with Crippen LogP contribution in [0.5, 0.6) is 0 Å². The summed E-state index contributed by atoms with van der Waals surface area (Å²) < 4.78 is 5.16. The van der Waals surface area contributed by atoms with Crippen molar-refractivity contribution >= 4 is 0 Å². The Labute approximate surface area is 78.3 Å². The summed E-state index contributed by atoms with van der Waals surface area (Å²) in [4.78, 5) is 0. The van der Waals surface area contributed by atoms with Crippen LogP contribution in [0.25, 0.3) is 0 Å². The first kappa shape index (κ1) is 8.75. The average molecular weight is 180 g/mol. The number of aromatic nitrogens is 1. The molecular formula is C10H16N2O. The molecule has 72 valence electrons. The molecule has 2 rings (SSSR count). The molecule has 1 atom stereocenters. The molecule has 0 saturated heterocycles. The van der Waals surface area contributed by atoms with Crippen molar-refractivity contribution < 1.29 is 4.52 Å². The van der Waals surface area contributed by atoms with E-state index in [2.05, 4.69) is 5.16 Å². The van der Waals surface area contributed by atoms with E-state index in [9.17, 15) is 0 Å². The van der Waals surface area contributed by atoms with E-state index in [-0.39, 0.29) is 6.04 Å². The molecule has 3 nitrogen and oxygen atoms in total. The van der Waals surface area contributed by atoms with Gasteiger partial charge in [0.2, 0.25) is 0 Å². The second kappa shape index (κ2) is 3.50. The molecule has 0 aliphatic heterocycles. The maximum atomic E-state index is 5.69. The molecule has 1 aliphatic rings. The molecular weight excluding hydrogens is 164 g/mol. The van der Waals surface area contributed by atoms with Gasteiger partial charge in [-0.1, -0.05) is 18.0 Å². The number of nitrogens with two attached hydrogens (primary N) is 1. The van der Waals surface area contributed by atoms with Gasteiger partial charge in [-0.25, -0.2) is 0 Å². The smallest absolute Gasteiger partial charge is 0.153 e. The summed E-state index contributed by atoms with van der Waals surface area (Å²) in [5.41, 5.74) is 6.79. The van der Waals surface area contributed by atoms with E-state index in [0.717, 1.165) is 11.5 Å². The largest absolute Gasteiger partial charge is 0.359 e. The Bertz CT molecular complexity index is 274. The number of nitrogens with zero attached hydrogens (tertiary/aromatic N) is 1. The molecule has 0 radical (unpaired) electrons. The van der Waals surface area contributed by atoms with E-state index in [0.29, 0.717) is 5.92 Å². The number of hydrogen-bond acceptors (Lipinski definition) is 3. The summed E-state index contributed by atoms with van der Waals surface area (Å²) in [6.45, 7) is 1.92. The van der Waals surface area contributed by atoms with Gasteiger partial charge in [0.15, 0.2) is 5.76 Å². The van der Waals surface area contributed by atoms with Crippen molar-refractivity contribution in [2.75, 3.05) is 0 Å². The molecule has 1 aliphatic carbocycles. The molecule has 1 aromatic heterocycles. The van der Waals surface area contributed by atoms with Crippen molar-refractivity contribution in [1.29, 1.82) is 0 Å². The highest BCUT2D eigenvalue weighted by Crippen LogP contribution is 2.33. The van der Waals surface area contributed by atoms with Crippen molar-refractivity contribution in [1.82, 2.24) is 5.16 Å². The van der Waals surface area contributed by atoms with Crippen LogP contribution in [0.2, 0.25) is 0 Å². The molecule has 3 heteroatoms. The van der Waals surface area contributed by atoms with Gasteiger partial charge in [-0.15, -0.1) is 0 Å². The summed E-state index contributed by atoms with van der Waals surface area (Å²) in [5.74, 6) is 1.43. The lowest BCUT2D eigenvalue weighted by atomic mass is 10.0. The van der Waals surface area contributed by atoms with E-state index in [1.807, 2.05) is 13.0 Å². The normalized spacial score (nSPS) is 20.8. The van der Waals surface area contributed by atoms with Gasteiger partial charge in [-0.3, -0.25) is 0 Å². The first-order valence-electron chi connectivity index (χ1n) is 4.99. The lowest BCUT2D eigenvalue weighted by molar-refractivity contribution is 0.358. The fourth-order valence-corrected chi connectivity index (χ4v) is 1.93. The van der Waals surface area contributed by atoms with Crippen LogP contribution in [0.4, 0.5) is 0 Å². The molecule has 0 bridgehead atoms. The summed E-state index contributed by atoms with van der Waals surface area (Å²) in [5, 5.41) is 4.06. The molecule has 1 heterocycles. The van der Waals surface area contributed by atoms with E-state index in [1.165, 1.54) is 25.7 Å². The second-order valence-electron chi connectivity index (χ2n) is 3.92. The lowest BCUT2D eigenvalue weighted by Gasteiger charge is -2.01. The van der Waals surface area contributed by atoms with Crippen molar-refractivity contribution in [3.8, 4) is 0 Å². The van der Waals surface area contributed by atoms with Gasteiger partial charge in [0, 0.05) is 12.0 Å². The van der Waals surface area contributed by atoms with Gasteiger partial charge in [-0.2, -0.15) is 0 Å². The van der Waals surface area contributed by atoms with Crippen LogP contribution >= 0.6 is 0 Å². The molecule has 1 aromatic rings. The Morgan fingerprint density at radius 3 is 2.77 bits per heavy atom. The van der Waals surface area contributed by atoms with Crippen molar-refractivity contribution in [2.45, 2.75) is 44.6 Å². The maximum absolute atomic E-state index is 5.69. The molecule has 1 unspecified atom stereocenters. The highest BCUT2D eigenvalue weighted by atomic mass is 16.5. The summed E-state index contributed by atoms with van der Waals surface area (Å²) in [6.07, 6.45) is 5.16. The first-order chi connectivity index (χ1) is 6.27. The van der Waals surface area contributed by atoms with Gasteiger partial charge in [0.1, 0.15) is 0 Å². The van der Waals surface area contributed by atoms with Gasteiger partial charge < -0.3 is 10.3 Å². The Kier molecular flexibility index (Phi) is 2.36. The highest BCUT2D eigenvalue weighted by molar-refractivity contribution is 5.13. The Morgan fingerprint density at radius 2 is 2.23 bits per heavy atom. The SMILES string of the molecule is CC(N)c1cc(C2CCCC2)no1. The zero-order valence-electron chi connectivity index (χ0n) is 7.99. The third-order valence-electron chi connectivity index (χ3n) is 2.77. The average Bonchev–Trinajstić information content (AvgIpc) is 2.75. The first-order valence-corrected chi connectivity index (χ1v) is 4.99. The van der Waals surface area contributed by atoms with E-state index in [1.54, 1.807) is 0 Å². The van der Waals surface area contributed by atoms with Crippen LogP contribution in [0.15, 0.2) is 10.6 Å². The van der Waals surface area contributed by atoms with Gasteiger partial charge in [0.25, 0.3) is 0 Å². The summed E-state index contributed by atoms with van der Waals surface area (Å²) >= 11 is 0. The zero-order chi connectivity index (χ0) is 9.26. The minimum atomic E-state index is -0.0392. The van der Waals surface area contributed by atoms with E-state index >= 15 is 0 Å². The fraction of sp³-hybridized carbons (Fsp3) is 0.700. The van der Waals surface area contributed by atoms with Crippen LogP contribution in [-0.4, -0.2) is 5.16 Å². The quantitative estimate of drug-likeness (QED) is 0.760. The van der Waals surface area contributed by atoms with Crippen molar-refractivity contribution in [2.24, 2.45) is 5.73 Å². The van der Waals surface area contributed by atoms with Crippen LogP contribution in [0.3, 0.4) is 0 Å². The fourth-order valence-electron chi connectivity index (χ4n) is 1.93. The maximum Gasteiger partial charge on any atom is 0.153 e. The van der Waals surface area contributed by atoms with E-state index in [4.69, 9.17) is 10.3 Å². The summed E-state index contributed by atoms with van der Waals surface area (Å²) in [6, 6.07) is 1.98. The Morgan fingerprint density at radius 1 is 1.54 bits per heavy atom. The molecule has 1 fully saturated rings. The third-order valence-corrected chi connectivity index (χ3v) is 2.77. The predicted molar refractivity (Wildman–Crippen MR) is 50.3 cm³/mol. The molecule has 13 heavy (non-hydrogen) atoms. The second-order valence-corrected chi connectivity index (χ2v) is 3.92. The van der Waals surface area contributed by atoms with Gasteiger partial charge >= 0.3 is 0 Å². The summed E-state index contributed by atoms with van der Waals surface area (Å²) in [7, 11) is 0. The predicted octanol–water partition coefficient (Wildman–Crippen LogP) is 2.35. The standard InChI is InChI=1S/C10H16N2O/c1-7(11)10-6-9(12-13-10)8-4-2-3-5-8/h6-8H,2-5,11H2,1H3. The minimum Gasteiger partial charge on any atom is -0.359 e. The molecule has 2 N–H and O–H groups in total. The third kappa shape index (κ3) is 1.75. The molecule has 0 amide bonds. The van der Waals surface area contributed by atoms with Crippen LogP contribution in [0, 0.1) is 0 Å². The van der Waals surface area contributed by atoms with Crippen molar-refractivity contribution in [3.63, 3.8) is 0 Å². The topological polar surface area (TPSA) is 52.0 Å². The highest BCUT2D eigenvalue weighted by Gasteiger charge is 2.21. The van der Waals surface area contributed by atoms with Crippen molar-refractivity contribution in [3.05, 3.63) is 17.5 Å².